The van der Waals surface area contributed by atoms with Crippen LogP contribution in [0.4, 0.5) is 10.5 Å². The lowest BCUT2D eigenvalue weighted by atomic mass is 10.2. The van der Waals surface area contributed by atoms with E-state index in [2.05, 4.69) is 9.46 Å². The van der Waals surface area contributed by atoms with E-state index in [1.54, 1.807) is 6.07 Å². The van der Waals surface area contributed by atoms with Gasteiger partial charge in [-0.1, -0.05) is 41.7 Å². The predicted octanol–water partition coefficient (Wildman–Crippen LogP) is 3.23. The Morgan fingerprint density at radius 2 is 2.00 bits per heavy atom. The third-order valence-corrected chi connectivity index (χ3v) is 4.93. The first-order valence-electron chi connectivity index (χ1n) is 6.02. The van der Waals surface area contributed by atoms with E-state index in [1.165, 1.54) is 6.92 Å². The molecule has 112 valence electrons. The third kappa shape index (κ3) is 3.96. The van der Waals surface area contributed by atoms with Crippen molar-refractivity contribution >= 4 is 33.2 Å². The van der Waals surface area contributed by atoms with Gasteiger partial charge in [-0.3, -0.25) is 4.72 Å². The van der Waals surface area contributed by atoms with Crippen molar-refractivity contribution in [2.75, 3.05) is 10.5 Å². The van der Waals surface area contributed by atoms with Crippen molar-refractivity contribution in [3.8, 4) is 15.5 Å². The van der Waals surface area contributed by atoms with Gasteiger partial charge in [0.25, 0.3) is 0 Å². The number of carbonyl (C=O) groups is 1. The van der Waals surface area contributed by atoms with Crippen molar-refractivity contribution in [3.63, 3.8) is 0 Å². The highest BCUT2D eigenvalue weighted by Gasteiger charge is 2.18. The Morgan fingerprint density at radius 3 is 2.57 bits per heavy atom. The fourth-order valence-electron chi connectivity index (χ4n) is 1.58. The van der Waals surface area contributed by atoms with E-state index in [-0.39, 0.29) is 16.5 Å². The number of thiophene rings is 1. The Hall–Kier alpha value is -2.06. The molecule has 2 rings (SSSR count). The summed E-state index contributed by atoms with van der Waals surface area (Å²) in [6, 6.07) is 10.8. The molecule has 0 spiro atoms. The average Bonchev–Trinajstić information content (AvgIpc) is 2.81. The molecule has 0 fully saturated rings. The van der Waals surface area contributed by atoms with Gasteiger partial charge in [0.2, 0.25) is 15.1 Å². The first-order chi connectivity index (χ1) is 9.91. The minimum absolute atomic E-state index is 0.00150. The van der Waals surface area contributed by atoms with Crippen LogP contribution in [0.2, 0.25) is 0 Å². The molecule has 0 amide bonds. The van der Waals surface area contributed by atoms with Crippen molar-refractivity contribution in [2.45, 2.75) is 6.92 Å². The summed E-state index contributed by atoms with van der Waals surface area (Å²) in [5.74, 6) is -0.115. The van der Waals surface area contributed by atoms with Crippen LogP contribution in [0.5, 0.6) is 5.06 Å². The summed E-state index contributed by atoms with van der Waals surface area (Å²) in [4.78, 5) is 11.4. The minimum atomic E-state index is -3.52. The highest BCUT2D eigenvalue weighted by molar-refractivity contribution is 7.92. The lowest BCUT2D eigenvalue weighted by molar-refractivity contribution is 0.146. The number of sulfonamides is 1. The topological polar surface area (TPSA) is 92.7 Å². The zero-order valence-electron chi connectivity index (χ0n) is 11.1. The second kappa shape index (κ2) is 6.15. The number of hydrogen-bond donors (Lipinski definition) is 2. The van der Waals surface area contributed by atoms with Gasteiger partial charge in [-0.2, -0.15) is 0 Å². The Kier molecular flexibility index (Phi) is 4.49. The zero-order chi connectivity index (χ0) is 15.5. The van der Waals surface area contributed by atoms with Gasteiger partial charge in [0.05, 0.1) is 5.75 Å². The summed E-state index contributed by atoms with van der Waals surface area (Å²) in [5.41, 5.74) is 0.975. The number of anilines is 1. The fourth-order valence-corrected chi connectivity index (χ4v) is 3.24. The lowest BCUT2D eigenvalue weighted by Gasteiger charge is -2.05. The maximum absolute atomic E-state index is 11.6. The van der Waals surface area contributed by atoms with E-state index in [1.807, 2.05) is 30.3 Å². The molecule has 1 aromatic carbocycles. The second-order valence-electron chi connectivity index (χ2n) is 4.05. The summed E-state index contributed by atoms with van der Waals surface area (Å²) in [7, 11) is -3.52. The van der Waals surface area contributed by atoms with Gasteiger partial charge in [-0.05, 0) is 18.6 Å². The van der Waals surface area contributed by atoms with Crippen LogP contribution < -0.4 is 9.46 Å². The molecular weight excluding hydrogens is 314 g/mol. The molecule has 21 heavy (non-hydrogen) atoms. The van der Waals surface area contributed by atoms with Crippen LogP contribution in [0.15, 0.2) is 36.4 Å². The summed E-state index contributed by atoms with van der Waals surface area (Å²) >= 11 is 1.06. The predicted molar refractivity (Wildman–Crippen MR) is 81.5 cm³/mol. The molecule has 8 heteroatoms. The van der Waals surface area contributed by atoms with E-state index >= 15 is 0 Å². The van der Waals surface area contributed by atoms with Crippen LogP contribution in [-0.2, 0) is 10.0 Å². The van der Waals surface area contributed by atoms with Crippen LogP contribution in [0.1, 0.15) is 6.92 Å². The quantitative estimate of drug-likeness (QED) is 0.822. The van der Waals surface area contributed by atoms with Gasteiger partial charge in [-0.25, -0.2) is 13.2 Å². The fraction of sp³-hybridized carbons (Fsp3) is 0.154. The highest BCUT2D eigenvalue weighted by Crippen LogP contribution is 2.41. The van der Waals surface area contributed by atoms with Crippen LogP contribution in [0.25, 0.3) is 10.4 Å². The Labute approximate surface area is 126 Å². The Morgan fingerprint density at radius 1 is 1.33 bits per heavy atom. The number of ether oxygens (including phenoxy) is 1. The molecule has 0 bridgehead atoms. The second-order valence-corrected chi connectivity index (χ2v) is 7.08. The van der Waals surface area contributed by atoms with E-state index in [0.29, 0.717) is 4.88 Å². The molecule has 0 aliphatic rings. The number of rotatable bonds is 5. The maximum atomic E-state index is 11.6. The van der Waals surface area contributed by atoms with Crippen molar-refractivity contribution in [3.05, 3.63) is 36.4 Å². The van der Waals surface area contributed by atoms with E-state index < -0.39 is 16.2 Å². The smallest absolute Gasteiger partial charge is 0.449 e. The van der Waals surface area contributed by atoms with Crippen molar-refractivity contribution in [1.29, 1.82) is 0 Å². The normalized spacial score (nSPS) is 11.1. The Balaban J connectivity index is 2.42. The molecular formula is C13H13NO5S2. The summed E-state index contributed by atoms with van der Waals surface area (Å²) in [6.07, 6.45) is -1.49. The van der Waals surface area contributed by atoms with Crippen LogP contribution >= 0.6 is 11.3 Å². The minimum Gasteiger partial charge on any atom is -0.449 e. The van der Waals surface area contributed by atoms with Crippen molar-refractivity contribution in [1.82, 2.24) is 0 Å². The van der Waals surface area contributed by atoms with Crippen molar-refractivity contribution < 1.29 is 23.1 Å². The van der Waals surface area contributed by atoms with Gasteiger partial charge in [0, 0.05) is 4.88 Å². The van der Waals surface area contributed by atoms with E-state index in [0.717, 1.165) is 16.9 Å². The molecule has 1 aromatic heterocycles. The summed E-state index contributed by atoms with van der Waals surface area (Å²) in [6.45, 7) is 1.49. The molecule has 0 saturated heterocycles. The van der Waals surface area contributed by atoms with E-state index in [9.17, 15) is 13.2 Å². The molecule has 6 nitrogen and oxygen atoms in total. The van der Waals surface area contributed by atoms with Gasteiger partial charge in [-0.15, -0.1) is 0 Å². The SMILES string of the molecule is CCS(=O)(=O)Nc1cc(-c2ccccc2)sc1OC(=O)O. The standard InChI is InChI=1S/C13H13NO5S2/c1-2-21(17,18)14-10-8-11(9-6-4-3-5-7-9)20-12(10)19-13(15)16/h3-8,14H,2H2,1H3,(H,15,16). The summed E-state index contributed by atoms with van der Waals surface area (Å²) in [5, 5.41) is 8.73. The molecule has 2 N–H and O–H groups in total. The highest BCUT2D eigenvalue weighted by atomic mass is 32.2. The molecule has 0 saturated carbocycles. The lowest BCUT2D eigenvalue weighted by Crippen LogP contribution is -2.15. The number of benzene rings is 1. The van der Waals surface area contributed by atoms with Gasteiger partial charge in [0.15, 0.2) is 0 Å². The van der Waals surface area contributed by atoms with Gasteiger partial charge >= 0.3 is 6.16 Å². The Bertz CT molecular complexity index is 737. The average molecular weight is 327 g/mol. The first-order valence-corrected chi connectivity index (χ1v) is 8.48. The third-order valence-electron chi connectivity index (χ3n) is 2.58. The molecule has 0 radical (unpaired) electrons. The monoisotopic (exact) mass is 327 g/mol. The molecule has 1 heterocycles. The van der Waals surface area contributed by atoms with Crippen LogP contribution in [0, 0.1) is 0 Å². The van der Waals surface area contributed by atoms with Gasteiger partial charge < -0.3 is 9.84 Å². The zero-order valence-corrected chi connectivity index (χ0v) is 12.7. The van der Waals surface area contributed by atoms with Crippen LogP contribution in [-0.4, -0.2) is 25.4 Å². The first kappa shape index (κ1) is 15.3. The number of hydrogen-bond acceptors (Lipinski definition) is 5. The molecule has 0 atom stereocenters. The molecule has 2 aromatic rings. The van der Waals surface area contributed by atoms with Crippen molar-refractivity contribution in [2.24, 2.45) is 0 Å². The summed E-state index contributed by atoms with van der Waals surface area (Å²) < 4.78 is 30.3. The van der Waals surface area contributed by atoms with Crippen LogP contribution in [0.3, 0.4) is 0 Å². The molecule has 0 aliphatic carbocycles. The van der Waals surface area contributed by atoms with E-state index in [4.69, 9.17) is 5.11 Å². The number of carboxylic acid groups (broad SMARTS) is 1. The molecule has 0 aliphatic heterocycles. The van der Waals surface area contributed by atoms with Gasteiger partial charge in [0.1, 0.15) is 5.69 Å². The number of nitrogens with one attached hydrogen (secondary N) is 1. The molecule has 0 unspecified atom stereocenters. The maximum Gasteiger partial charge on any atom is 0.512 e. The largest absolute Gasteiger partial charge is 0.512 e.